The molecule has 3 rings (SSSR count). The van der Waals surface area contributed by atoms with Crippen molar-refractivity contribution in [2.24, 2.45) is 0 Å². The maximum atomic E-state index is 12.8. The fourth-order valence-electron chi connectivity index (χ4n) is 2.39. The minimum Gasteiger partial charge on any atom is -0.397 e. The molecule has 0 unspecified atom stereocenters. The van der Waals surface area contributed by atoms with E-state index in [1.165, 1.54) is 22.0 Å². The Morgan fingerprint density at radius 3 is 2.80 bits per heavy atom. The molecule has 2 heterocycles. The molecule has 0 spiro atoms. The van der Waals surface area contributed by atoms with E-state index in [2.05, 4.69) is 15.3 Å². The molecule has 0 aliphatic rings. The number of para-hydroxylation sites is 1. The second-order valence-corrected chi connectivity index (χ2v) is 5.72. The monoisotopic (exact) mass is 338 g/mol. The number of aromatic nitrogens is 3. The third kappa shape index (κ3) is 3.27. The predicted molar refractivity (Wildman–Crippen MR) is 94.0 cm³/mol. The first kappa shape index (κ1) is 16.4. The van der Waals surface area contributed by atoms with Crippen LogP contribution in [-0.2, 0) is 6.54 Å². The molecule has 128 valence electrons. The van der Waals surface area contributed by atoms with Crippen LogP contribution < -0.4 is 11.1 Å². The van der Waals surface area contributed by atoms with Gasteiger partial charge in [0.15, 0.2) is 0 Å². The third-order valence-corrected chi connectivity index (χ3v) is 3.72. The lowest BCUT2D eigenvalue weighted by atomic mass is 10.2. The number of nitrogens with one attached hydrogen (secondary N) is 1. The number of imidazole rings is 1. The van der Waals surface area contributed by atoms with Crippen molar-refractivity contribution in [1.82, 2.24) is 24.8 Å². The fourth-order valence-corrected chi connectivity index (χ4v) is 2.39. The van der Waals surface area contributed by atoms with Gasteiger partial charge in [0.2, 0.25) is 0 Å². The van der Waals surface area contributed by atoms with Gasteiger partial charge in [-0.3, -0.25) is 14.3 Å². The number of hydrogen-bond acceptors (Lipinski definition) is 5. The normalized spacial score (nSPS) is 10.6. The molecule has 25 heavy (non-hydrogen) atoms. The topological polar surface area (TPSA) is 106 Å². The maximum Gasteiger partial charge on any atom is 0.317 e. The fraction of sp³-hybridized carbons (Fsp3) is 0.176. The third-order valence-electron chi connectivity index (χ3n) is 3.72. The van der Waals surface area contributed by atoms with Gasteiger partial charge in [0, 0.05) is 25.9 Å². The molecule has 0 aliphatic heterocycles. The molecule has 0 fully saturated rings. The highest BCUT2D eigenvalue weighted by Gasteiger charge is 2.14. The molecular formula is C17H18N6O2. The summed E-state index contributed by atoms with van der Waals surface area (Å²) in [5.41, 5.74) is 8.67. The van der Waals surface area contributed by atoms with Crippen LogP contribution in [0.4, 0.5) is 10.5 Å². The highest BCUT2D eigenvalue weighted by Crippen LogP contribution is 2.20. The van der Waals surface area contributed by atoms with E-state index in [-0.39, 0.29) is 18.5 Å². The Labute approximate surface area is 144 Å². The van der Waals surface area contributed by atoms with Gasteiger partial charge in [-0.1, -0.05) is 6.07 Å². The minimum atomic E-state index is -0.240. The lowest BCUT2D eigenvalue weighted by Gasteiger charge is -2.12. The number of nitrogens with zero attached hydrogens (tertiary/aromatic N) is 4. The van der Waals surface area contributed by atoms with Crippen LogP contribution in [0.3, 0.4) is 0 Å². The van der Waals surface area contributed by atoms with Crippen LogP contribution in [0.2, 0.25) is 0 Å². The van der Waals surface area contributed by atoms with E-state index >= 15 is 0 Å². The van der Waals surface area contributed by atoms with Crippen LogP contribution in [0.25, 0.3) is 11.0 Å². The molecule has 8 heteroatoms. The molecule has 2 amide bonds. The SMILES string of the molecule is CN(C)C(=O)NCc1cc(C(=O)n2cnc3c(N)cccc32)ccn1. The summed E-state index contributed by atoms with van der Waals surface area (Å²) in [6.07, 6.45) is 3.00. The number of anilines is 1. The zero-order chi connectivity index (χ0) is 18.0. The van der Waals surface area contributed by atoms with Crippen molar-refractivity contribution in [2.75, 3.05) is 19.8 Å². The predicted octanol–water partition coefficient (Wildman–Crippen LogP) is 1.47. The van der Waals surface area contributed by atoms with E-state index in [1.54, 1.807) is 44.4 Å². The largest absolute Gasteiger partial charge is 0.397 e. The number of benzene rings is 1. The minimum absolute atomic E-state index is 0.227. The first-order valence-electron chi connectivity index (χ1n) is 7.63. The molecule has 0 aliphatic carbocycles. The lowest BCUT2D eigenvalue weighted by Crippen LogP contribution is -2.34. The van der Waals surface area contributed by atoms with Gasteiger partial charge < -0.3 is 16.0 Å². The van der Waals surface area contributed by atoms with Crippen molar-refractivity contribution in [3.63, 3.8) is 0 Å². The Balaban J connectivity index is 1.86. The number of nitrogen functional groups attached to an aromatic ring is 1. The Morgan fingerprint density at radius 2 is 2.04 bits per heavy atom. The molecule has 0 radical (unpaired) electrons. The first-order valence-corrected chi connectivity index (χ1v) is 7.63. The molecule has 0 saturated heterocycles. The standard InChI is InChI=1S/C17H18N6O2/c1-22(2)17(25)20-9-12-8-11(6-7-19-12)16(24)23-10-21-15-13(18)4-3-5-14(15)23/h3-8,10H,9,18H2,1-2H3,(H,20,25). The average Bonchev–Trinajstić information content (AvgIpc) is 3.04. The smallest absolute Gasteiger partial charge is 0.317 e. The highest BCUT2D eigenvalue weighted by molar-refractivity contribution is 6.02. The van der Waals surface area contributed by atoms with Gasteiger partial charge in [0.25, 0.3) is 5.91 Å². The van der Waals surface area contributed by atoms with Gasteiger partial charge in [0.1, 0.15) is 11.8 Å². The Bertz CT molecular complexity index is 947. The Kier molecular flexibility index (Phi) is 4.34. The number of hydrogen-bond donors (Lipinski definition) is 2. The Morgan fingerprint density at radius 1 is 1.24 bits per heavy atom. The zero-order valence-corrected chi connectivity index (χ0v) is 13.9. The van der Waals surface area contributed by atoms with Crippen molar-refractivity contribution in [3.05, 3.63) is 54.1 Å². The average molecular weight is 338 g/mol. The first-order chi connectivity index (χ1) is 12.0. The zero-order valence-electron chi connectivity index (χ0n) is 13.9. The van der Waals surface area contributed by atoms with Crippen LogP contribution in [0.1, 0.15) is 16.1 Å². The van der Waals surface area contributed by atoms with E-state index < -0.39 is 0 Å². The van der Waals surface area contributed by atoms with E-state index in [4.69, 9.17) is 5.73 Å². The summed E-state index contributed by atoms with van der Waals surface area (Å²) >= 11 is 0. The van der Waals surface area contributed by atoms with E-state index in [9.17, 15) is 9.59 Å². The summed E-state index contributed by atoms with van der Waals surface area (Å²) in [4.78, 5) is 34.2. The second kappa shape index (κ2) is 6.60. The molecule has 2 aromatic heterocycles. The summed E-state index contributed by atoms with van der Waals surface area (Å²) in [5.74, 6) is -0.240. The molecular weight excluding hydrogens is 320 g/mol. The number of nitrogens with two attached hydrogens (primary N) is 1. The summed E-state index contributed by atoms with van der Waals surface area (Å²) in [6.45, 7) is 0.232. The van der Waals surface area contributed by atoms with Crippen LogP contribution in [0.5, 0.6) is 0 Å². The number of fused-ring (bicyclic) bond motifs is 1. The van der Waals surface area contributed by atoms with Crippen molar-refractivity contribution >= 4 is 28.7 Å². The van der Waals surface area contributed by atoms with Crippen LogP contribution in [0.15, 0.2) is 42.9 Å². The van der Waals surface area contributed by atoms with E-state index in [0.29, 0.717) is 28.0 Å². The number of rotatable bonds is 3. The number of carbonyl (C=O) groups is 2. The van der Waals surface area contributed by atoms with Crippen LogP contribution in [-0.4, -0.2) is 45.5 Å². The number of amides is 2. The van der Waals surface area contributed by atoms with Gasteiger partial charge >= 0.3 is 6.03 Å². The van der Waals surface area contributed by atoms with E-state index in [0.717, 1.165) is 0 Å². The highest BCUT2D eigenvalue weighted by atomic mass is 16.2. The summed E-state index contributed by atoms with van der Waals surface area (Å²) in [5, 5.41) is 2.71. The quantitative estimate of drug-likeness (QED) is 0.704. The van der Waals surface area contributed by atoms with Crippen molar-refractivity contribution in [2.45, 2.75) is 6.54 Å². The summed E-state index contributed by atoms with van der Waals surface area (Å²) in [6, 6.07) is 8.35. The summed E-state index contributed by atoms with van der Waals surface area (Å²) < 4.78 is 1.45. The van der Waals surface area contributed by atoms with E-state index in [1.807, 2.05) is 0 Å². The molecule has 0 bridgehead atoms. The van der Waals surface area contributed by atoms with Gasteiger partial charge in [0.05, 0.1) is 23.4 Å². The Hall–Kier alpha value is -3.42. The molecule has 0 saturated carbocycles. The number of carbonyl (C=O) groups excluding carboxylic acids is 2. The molecule has 1 aromatic carbocycles. The molecule has 0 atom stereocenters. The van der Waals surface area contributed by atoms with Crippen LogP contribution in [0, 0.1) is 0 Å². The number of pyridine rings is 1. The van der Waals surface area contributed by atoms with Crippen molar-refractivity contribution in [1.29, 1.82) is 0 Å². The maximum absolute atomic E-state index is 12.8. The van der Waals surface area contributed by atoms with Crippen molar-refractivity contribution < 1.29 is 9.59 Å². The molecule has 3 aromatic rings. The molecule has 8 nitrogen and oxygen atoms in total. The van der Waals surface area contributed by atoms with Gasteiger partial charge in [-0.05, 0) is 24.3 Å². The lowest BCUT2D eigenvalue weighted by molar-refractivity contribution is 0.0964. The van der Waals surface area contributed by atoms with Gasteiger partial charge in [-0.2, -0.15) is 0 Å². The van der Waals surface area contributed by atoms with Crippen LogP contribution >= 0.6 is 0 Å². The van der Waals surface area contributed by atoms with Gasteiger partial charge in [-0.25, -0.2) is 9.78 Å². The van der Waals surface area contributed by atoms with Gasteiger partial charge in [-0.15, -0.1) is 0 Å². The summed E-state index contributed by atoms with van der Waals surface area (Å²) in [7, 11) is 3.30. The van der Waals surface area contributed by atoms with Crippen molar-refractivity contribution in [3.8, 4) is 0 Å². The molecule has 3 N–H and O–H groups in total. The second-order valence-electron chi connectivity index (χ2n) is 5.72. The number of urea groups is 1.